The molecule has 19 heavy (non-hydrogen) atoms. The third kappa shape index (κ3) is 4.38. The highest BCUT2D eigenvalue weighted by molar-refractivity contribution is 6.43. The molecule has 2 N–H and O–H groups in total. The normalized spacial score (nSPS) is 12.3. The Morgan fingerprint density at radius 3 is 2.53 bits per heavy atom. The lowest BCUT2D eigenvalue weighted by atomic mass is 10.2. The lowest BCUT2D eigenvalue weighted by Crippen LogP contribution is -3.12. The summed E-state index contributed by atoms with van der Waals surface area (Å²) in [6.45, 7) is 0. The van der Waals surface area contributed by atoms with Crippen molar-refractivity contribution in [3.05, 3.63) is 28.2 Å². The number of halogens is 2. The van der Waals surface area contributed by atoms with E-state index < -0.39 is 17.9 Å². The highest BCUT2D eigenvalue weighted by Crippen LogP contribution is 2.29. The minimum atomic E-state index is -1.27. The van der Waals surface area contributed by atoms with Gasteiger partial charge in [0, 0.05) is 0 Å². The fourth-order valence-corrected chi connectivity index (χ4v) is 1.86. The molecule has 1 atom stereocenters. The summed E-state index contributed by atoms with van der Waals surface area (Å²) in [4.78, 5) is 23.3. The van der Waals surface area contributed by atoms with Gasteiger partial charge < -0.3 is 20.1 Å². The fraction of sp³-hybridized carbons (Fsp3) is 0.333. The molecule has 0 radical (unpaired) electrons. The molecule has 0 aliphatic rings. The fourth-order valence-electron chi connectivity index (χ4n) is 1.51. The minimum absolute atomic E-state index is 0.201. The first kappa shape index (κ1) is 15.8. The number of aliphatic carboxylic acids is 1. The van der Waals surface area contributed by atoms with E-state index in [9.17, 15) is 14.7 Å². The molecule has 104 valence electrons. The first-order valence-electron chi connectivity index (χ1n) is 5.57. The molecule has 1 aromatic carbocycles. The quantitative estimate of drug-likeness (QED) is 0.776. The summed E-state index contributed by atoms with van der Waals surface area (Å²) < 4.78 is 0. The predicted octanol–water partition coefficient (Wildman–Crippen LogP) is -0.415. The Hall–Kier alpha value is -1.30. The Bertz CT molecular complexity index is 492. The van der Waals surface area contributed by atoms with Crippen LogP contribution < -0.4 is 15.3 Å². The zero-order valence-corrected chi connectivity index (χ0v) is 12.0. The van der Waals surface area contributed by atoms with E-state index in [1.165, 1.54) is 0 Å². The first-order chi connectivity index (χ1) is 8.82. The summed E-state index contributed by atoms with van der Waals surface area (Å²) in [6, 6.07) is 3.89. The third-order valence-corrected chi connectivity index (χ3v) is 3.42. The Kier molecular flexibility index (Phi) is 5.60. The lowest BCUT2D eigenvalue weighted by Gasteiger charge is -2.21. The van der Waals surface area contributed by atoms with Crippen molar-refractivity contribution in [1.82, 2.24) is 0 Å². The monoisotopic (exact) mass is 304 g/mol. The molecule has 7 heteroatoms. The Balaban J connectivity index is 2.75. The van der Waals surface area contributed by atoms with E-state index in [0.717, 1.165) is 0 Å². The van der Waals surface area contributed by atoms with Crippen molar-refractivity contribution in [2.75, 3.05) is 19.4 Å². The van der Waals surface area contributed by atoms with Gasteiger partial charge in [-0.1, -0.05) is 29.3 Å². The number of carboxylic acid groups (broad SMARTS) is 1. The highest BCUT2D eigenvalue weighted by Gasteiger charge is 2.21. The summed E-state index contributed by atoms with van der Waals surface area (Å²) in [5.41, 5.74) is 0.352. The molecule has 1 rings (SSSR count). The lowest BCUT2D eigenvalue weighted by molar-refractivity contribution is -0.878. The number of hydrogen-bond donors (Lipinski definition) is 2. The maximum absolute atomic E-state index is 11.8. The summed E-state index contributed by atoms with van der Waals surface area (Å²) in [6.07, 6.45) is -0.201. The second-order valence-electron chi connectivity index (χ2n) is 4.30. The number of nitrogens with one attached hydrogen (secondary N) is 2. The predicted molar refractivity (Wildman–Crippen MR) is 71.3 cm³/mol. The molecule has 0 aliphatic heterocycles. The standard InChI is InChI=1S/C12H14Cl2N2O3/c1-16(2)9(12(18)19)6-10(17)15-8-5-3-4-7(13)11(8)14/h3-5,9H,6H2,1-2H3,(H,15,17)(H,18,19)/t9-/m1/s1. The van der Waals surface area contributed by atoms with Crippen LogP contribution in [0.25, 0.3) is 0 Å². The maximum atomic E-state index is 11.8. The number of benzene rings is 1. The van der Waals surface area contributed by atoms with Crippen LogP contribution in [-0.2, 0) is 9.59 Å². The molecule has 0 bridgehead atoms. The van der Waals surface area contributed by atoms with E-state index in [2.05, 4.69) is 5.32 Å². The molecule has 1 aromatic rings. The average Bonchev–Trinajstić information content (AvgIpc) is 2.31. The first-order valence-corrected chi connectivity index (χ1v) is 6.33. The van der Waals surface area contributed by atoms with Crippen LogP contribution in [0.15, 0.2) is 18.2 Å². The van der Waals surface area contributed by atoms with E-state index in [4.69, 9.17) is 23.2 Å². The topological polar surface area (TPSA) is 73.7 Å². The van der Waals surface area contributed by atoms with Crippen molar-refractivity contribution in [3.8, 4) is 0 Å². The number of carbonyl (C=O) groups is 2. The molecule has 0 unspecified atom stereocenters. The van der Waals surface area contributed by atoms with Gasteiger partial charge in [-0.05, 0) is 12.1 Å². The van der Waals surface area contributed by atoms with Gasteiger partial charge in [0.1, 0.15) is 6.04 Å². The Labute approximate surface area is 121 Å². The van der Waals surface area contributed by atoms with E-state index in [1.807, 2.05) is 0 Å². The van der Waals surface area contributed by atoms with Crippen LogP contribution >= 0.6 is 23.2 Å². The summed E-state index contributed by atoms with van der Waals surface area (Å²) in [5, 5.41) is 14.0. The SMILES string of the molecule is C[NH+](C)[C@H](CC(=O)Nc1cccc(Cl)c1Cl)C(=O)[O-]. The summed E-state index contributed by atoms with van der Waals surface area (Å²) >= 11 is 11.7. The zero-order valence-electron chi connectivity index (χ0n) is 10.5. The number of carboxylic acids is 1. The molecule has 0 saturated heterocycles. The number of hydrogen-bond acceptors (Lipinski definition) is 3. The zero-order chi connectivity index (χ0) is 14.6. The van der Waals surface area contributed by atoms with E-state index >= 15 is 0 Å². The molecule has 0 saturated carbocycles. The summed E-state index contributed by atoms with van der Waals surface area (Å²) in [7, 11) is 3.28. The molecule has 1 amide bonds. The van der Waals surface area contributed by atoms with Crippen LogP contribution in [0.4, 0.5) is 5.69 Å². The number of amides is 1. The molecule has 0 heterocycles. The van der Waals surface area contributed by atoms with E-state index in [1.54, 1.807) is 32.3 Å². The van der Waals surface area contributed by atoms with Gasteiger partial charge in [-0.15, -0.1) is 0 Å². The van der Waals surface area contributed by atoms with Crippen LogP contribution in [0.1, 0.15) is 6.42 Å². The van der Waals surface area contributed by atoms with Gasteiger partial charge in [-0.2, -0.15) is 0 Å². The molecular weight excluding hydrogens is 291 g/mol. The van der Waals surface area contributed by atoms with Gasteiger partial charge in [0.15, 0.2) is 0 Å². The molecule has 5 nitrogen and oxygen atoms in total. The number of anilines is 1. The molecule has 0 spiro atoms. The van der Waals surface area contributed by atoms with E-state index in [-0.39, 0.29) is 11.4 Å². The number of likely N-dealkylation sites (N-methyl/N-ethyl adjacent to an activating group) is 1. The number of rotatable bonds is 5. The molecule has 0 aliphatic carbocycles. The maximum Gasteiger partial charge on any atom is 0.230 e. The van der Waals surface area contributed by atoms with Crippen molar-refractivity contribution in [1.29, 1.82) is 0 Å². The average molecular weight is 305 g/mol. The van der Waals surface area contributed by atoms with Crippen LogP contribution in [-0.4, -0.2) is 32.0 Å². The van der Waals surface area contributed by atoms with Gasteiger partial charge in [0.25, 0.3) is 0 Å². The number of carbonyl (C=O) groups excluding carboxylic acids is 2. The second-order valence-corrected chi connectivity index (χ2v) is 5.09. The molecular formula is C12H14Cl2N2O3. The molecule has 0 fully saturated rings. The van der Waals surface area contributed by atoms with Crippen molar-refractivity contribution < 1.29 is 19.6 Å². The van der Waals surface area contributed by atoms with Gasteiger partial charge in [0.2, 0.25) is 5.91 Å². The van der Waals surface area contributed by atoms with E-state index in [0.29, 0.717) is 15.6 Å². The van der Waals surface area contributed by atoms with Gasteiger partial charge >= 0.3 is 0 Å². The van der Waals surface area contributed by atoms with Crippen LogP contribution in [0.5, 0.6) is 0 Å². The van der Waals surface area contributed by atoms with Crippen LogP contribution in [0, 0.1) is 0 Å². The van der Waals surface area contributed by atoms with Crippen molar-refractivity contribution >= 4 is 40.8 Å². The largest absolute Gasteiger partial charge is 0.544 e. The second kappa shape index (κ2) is 6.75. The molecule has 0 aromatic heterocycles. The van der Waals surface area contributed by atoms with Gasteiger partial charge in [-0.3, -0.25) is 4.79 Å². The Morgan fingerprint density at radius 2 is 2.00 bits per heavy atom. The third-order valence-electron chi connectivity index (χ3n) is 2.60. The van der Waals surface area contributed by atoms with Gasteiger partial charge in [0.05, 0.1) is 42.2 Å². The summed E-state index contributed by atoms with van der Waals surface area (Å²) in [5.74, 6) is -1.73. The van der Waals surface area contributed by atoms with Crippen LogP contribution in [0.2, 0.25) is 10.0 Å². The van der Waals surface area contributed by atoms with Gasteiger partial charge in [-0.25, -0.2) is 0 Å². The highest BCUT2D eigenvalue weighted by atomic mass is 35.5. The van der Waals surface area contributed by atoms with Crippen LogP contribution in [0.3, 0.4) is 0 Å². The number of quaternary nitrogens is 1. The van der Waals surface area contributed by atoms with Crippen molar-refractivity contribution in [2.45, 2.75) is 12.5 Å². The van der Waals surface area contributed by atoms with Crippen molar-refractivity contribution in [3.63, 3.8) is 0 Å². The van der Waals surface area contributed by atoms with Crippen molar-refractivity contribution in [2.24, 2.45) is 0 Å². The smallest absolute Gasteiger partial charge is 0.230 e. The minimum Gasteiger partial charge on any atom is -0.544 e. The Morgan fingerprint density at radius 1 is 1.37 bits per heavy atom.